The van der Waals surface area contributed by atoms with Gasteiger partial charge in [-0.1, -0.05) is 42.5 Å². The Balaban J connectivity index is 1.86. The van der Waals surface area contributed by atoms with Crippen LogP contribution in [0.4, 0.5) is 10.8 Å². The number of nitrogens with zero attached hydrogens (tertiary/aromatic N) is 1. The second kappa shape index (κ2) is 9.70. The molecule has 1 heterocycles. The van der Waals surface area contributed by atoms with Gasteiger partial charge in [0.1, 0.15) is 17.2 Å². The van der Waals surface area contributed by atoms with Crippen LogP contribution in [0.1, 0.15) is 22.7 Å². The first-order valence-corrected chi connectivity index (χ1v) is 11.1. The van der Waals surface area contributed by atoms with E-state index in [2.05, 4.69) is 4.98 Å². The minimum atomic E-state index is -0.393. The Hall–Kier alpha value is -3.91. The standard InChI is InChI=1S/C25H23N3O4S/c1-31-20-11-8-16(9-12-20)21(15-18-14-19(28(29)30)10-13-22(18)32-2)23-24(33-25(26)27-23)17-6-4-3-5-7-17/h3-14,21H,15H2,1-2H3,(H2,26,27)/p+1. The van der Waals surface area contributed by atoms with E-state index in [0.29, 0.717) is 17.3 Å². The molecule has 1 unspecified atom stereocenters. The lowest BCUT2D eigenvalue weighted by atomic mass is 9.87. The van der Waals surface area contributed by atoms with Crippen molar-refractivity contribution in [2.45, 2.75) is 12.3 Å². The Morgan fingerprint density at radius 2 is 1.76 bits per heavy atom. The number of hydrogen-bond donors (Lipinski definition) is 1. The number of ether oxygens (including phenoxy) is 2. The van der Waals surface area contributed by atoms with Gasteiger partial charge >= 0.3 is 5.13 Å². The van der Waals surface area contributed by atoms with Gasteiger partial charge in [-0.3, -0.25) is 15.8 Å². The third kappa shape index (κ3) is 4.80. The SMILES string of the molecule is COc1ccc(C(Cc2cc([N+](=O)[O-])ccc2OC)c2[nH+]c(N)sc2-c2ccccc2)cc1. The average molecular weight is 463 g/mol. The van der Waals surface area contributed by atoms with Gasteiger partial charge in [-0.25, -0.2) is 4.98 Å². The molecule has 1 aromatic heterocycles. The highest BCUT2D eigenvalue weighted by molar-refractivity contribution is 7.18. The number of hydrogen-bond acceptors (Lipinski definition) is 6. The maximum Gasteiger partial charge on any atom is 0.330 e. The highest BCUT2D eigenvalue weighted by atomic mass is 32.1. The average Bonchev–Trinajstić information content (AvgIpc) is 3.24. The van der Waals surface area contributed by atoms with Crippen molar-refractivity contribution in [2.24, 2.45) is 0 Å². The van der Waals surface area contributed by atoms with Crippen molar-refractivity contribution in [3.63, 3.8) is 0 Å². The molecule has 168 valence electrons. The fraction of sp³-hybridized carbons (Fsp3) is 0.160. The van der Waals surface area contributed by atoms with Crippen LogP contribution in [-0.2, 0) is 6.42 Å². The van der Waals surface area contributed by atoms with Crippen molar-refractivity contribution >= 4 is 22.2 Å². The minimum Gasteiger partial charge on any atom is -0.497 e. The van der Waals surface area contributed by atoms with E-state index in [-0.39, 0.29) is 11.6 Å². The molecule has 0 saturated heterocycles. The highest BCUT2D eigenvalue weighted by Gasteiger charge is 2.28. The number of nitrogens with two attached hydrogens (primary N) is 1. The summed E-state index contributed by atoms with van der Waals surface area (Å²) < 4.78 is 10.9. The quantitative estimate of drug-likeness (QED) is 0.290. The van der Waals surface area contributed by atoms with Crippen molar-refractivity contribution in [3.05, 3.63) is 99.7 Å². The first kappa shape index (κ1) is 22.3. The number of aromatic amines is 1. The van der Waals surface area contributed by atoms with E-state index in [1.807, 2.05) is 54.6 Å². The summed E-state index contributed by atoms with van der Waals surface area (Å²) in [5.41, 5.74) is 10.0. The maximum absolute atomic E-state index is 11.4. The van der Waals surface area contributed by atoms with E-state index in [9.17, 15) is 10.1 Å². The summed E-state index contributed by atoms with van der Waals surface area (Å²) in [6.07, 6.45) is 0.476. The van der Waals surface area contributed by atoms with Gasteiger partial charge in [-0.2, -0.15) is 0 Å². The molecule has 0 bridgehead atoms. The number of anilines is 1. The van der Waals surface area contributed by atoms with Gasteiger partial charge in [-0.05, 0) is 47.1 Å². The molecule has 0 aliphatic carbocycles. The van der Waals surface area contributed by atoms with E-state index in [1.165, 1.54) is 17.4 Å². The predicted molar refractivity (Wildman–Crippen MR) is 129 cm³/mol. The molecule has 0 fully saturated rings. The summed E-state index contributed by atoms with van der Waals surface area (Å²) in [6.45, 7) is 0. The summed E-state index contributed by atoms with van der Waals surface area (Å²) in [7, 11) is 3.19. The van der Waals surface area contributed by atoms with Crippen LogP contribution in [0, 0.1) is 10.1 Å². The van der Waals surface area contributed by atoms with Gasteiger partial charge in [0.15, 0.2) is 0 Å². The fourth-order valence-corrected chi connectivity index (χ4v) is 4.85. The summed E-state index contributed by atoms with van der Waals surface area (Å²) in [5.74, 6) is 1.20. The van der Waals surface area contributed by atoms with E-state index in [4.69, 9.17) is 15.2 Å². The smallest absolute Gasteiger partial charge is 0.330 e. The molecule has 0 aliphatic heterocycles. The number of non-ortho nitro benzene ring substituents is 1. The predicted octanol–water partition coefficient (Wildman–Crippen LogP) is 5.11. The van der Waals surface area contributed by atoms with Gasteiger partial charge in [0.25, 0.3) is 5.69 Å². The van der Waals surface area contributed by atoms with Crippen LogP contribution in [0.25, 0.3) is 10.4 Å². The lowest BCUT2D eigenvalue weighted by Crippen LogP contribution is -2.18. The van der Waals surface area contributed by atoms with E-state index in [0.717, 1.165) is 33.0 Å². The third-order valence-corrected chi connectivity index (χ3v) is 6.50. The van der Waals surface area contributed by atoms with Crippen LogP contribution in [0.5, 0.6) is 11.5 Å². The number of methoxy groups -OCH3 is 2. The van der Waals surface area contributed by atoms with Crippen LogP contribution >= 0.6 is 11.3 Å². The van der Waals surface area contributed by atoms with Crippen molar-refractivity contribution in [3.8, 4) is 21.9 Å². The molecule has 3 N–H and O–H groups in total. The highest BCUT2D eigenvalue weighted by Crippen LogP contribution is 2.39. The molecule has 4 aromatic rings. The number of nitro benzene ring substituents is 1. The van der Waals surface area contributed by atoms with Crippen LogP contribution in [0.15, 0.2) is 72.8 Å². The molecule has 33 heavy (non-hydrogen) atoms. The van der Waals surface area contributed by atoms with E-state index >= 15 is 0 Å². The number of nitro groups is 1. The molecule has 0 radical (unpaired) electrons. The normalized spacial score (nSPS) is 11.7. The molecule has 4 rings (SSSR count). The summed E-state index contributed by atoms with van der Waals surface area (Å²) in [5, 5.41) is 12.0. The maximum atomic E-state index is 11.4. The zero-order valence-electron chi connectivity index (χ0n) is 18.3. The molecule has 0 saturated carbocycles. The Labute approximate surface area is 195 Å². The summed E-state index contributed by atoms with van der Waals surface area (Å²) >= 11 is 1.48. The van der Waals surface area contributed by atoms with Crippen LogP contribution in [0.3, 0.4) is 0 Å². The number of nitrogens with one attached hydrogen (secondary N) is 1. The zero-order valence-corrected chi connectivity index (χ0v) is 19.1. The minimum absolute atomic E-state index is 0.0244. The Morgan fingerprint density at radius 1 is 1.03 bits per heavy atom. The van der Waals surface area contributed by atoms with Gasteiger partial charge in [-0.15, -0.1) is 0 Å². The molecule has 1 atom stereocenters. The number of rotatable bonds is 8. The van der Waals surface area contributed by atoms with Gasteiger partial charge in [0.05, 0.1) is 29.9 Å². The van der Waals surface area contributed by atoms with Crippen LogP contribution in [0.2, 0.25) is 0 Å². The second-order valence-electron chi connectivity index (χ2n) is 7.48. The molecule has 0 aliphatic rings. The van der Waals surface area contributed by atoms with Crippen LogP contribution in [-0.4, -0.2) is 19.1 Å². The lowest BCUT2D eigenvalue weighted by Gasteiger charge is -2.18. The zero-order chi connectivity index (χ0) is 23.4. The number of nitrogen functional groups attached to an aromatic ring is 1. The lowest BCUT2D eigenvalue weighted by molar-refractivity contribution is -0.385. The molecule has 3 aromatic carbocycles. The van der Waals surface area contributed by atoms with Gasteiger partial charge < -0.3 is 9.47 Å². The number of thiazole rings is 1. The Morgan fingerprint density at radius 3 is 2.39 bits per heavy atom. The largest absolute Gasteiger partial charge is 0.497 e. The van der Waals surface area contributed by atoms with Crippen LogP contribution < -0.4 is 20.2 Å². The molecule has 8 heteroatoms. The topological polar surface area (TPSA) is 102 Å². The molecular formula is C25H24N3O4S+. The monoisotopic (exact) mass is 462 g/mol. The van der Waals surface area contributed by atoms with Crippen molar-refractivity contribution in [2.75, 3.05) is 20.0 Å². The third-order valence-electron chi connectivity index (χ3n) is 5.52. The van der Waals surface area contributed by atoms with Gasteiger partial charge in [0.2, 0.25) is 0 Å². The molecule has 7 nitrogen and oxygen atoms in total. The fourth-order valence-electron chi connectivity index (χ4n) is 3.91. The number of aromatic nitrogens is 1. The molecular weight excluding hydrogens is 438 g/mol. The Bertz CT molecular complexity index is 1260. The first-order chi connectivity index (χ1) is 16.0. The van der Waals surface area contributed by atoms with Crippen molar-refractivity contribution in [1.82, 2.24) is 0 Å². The Kier molecular flexibility index (Phi) is 6.55. The number of benzene rings is 3. The van der Waals surface area contributed by atoms with Crippen molar-refractivity contribution in [1.29, 1.82) is 0 Å². The summed E-state index contributed by atoms with van der Waals surface area (Å²) in [6, 6.07) is 22.5. The van der Waals surface area contributed by atoms with E-state index < -0.39 is 4.92 Å². The van der Waals surface area contributed by atoms with Gasteiger partial charge in [0, 0.05) is 17.7 Å². The molecule has 0 spiro atoms. The van der Waals surface area contributed by atoms with E-state index in [1.54, 1.807) is 26.4 Å². The first-order valence-electron chi connectivity index (χ1n) is 10.3. The van der Waals surface area contributed by atoms with Crippen molar-refractivity contribution < 1.29 is 19.4 Å². The number of H-pyrrole nitrogens is 1. The molecule has 0 amide bonds. The summed E-state index contributed by atoms with van der Waals surface area (Å²) in [4.78, 5) is 15.4. The second-order valence-corrected chi connectivity index (χ2v) is 8.54.